The van der Waals surface area contributed by atoms with Crippen molar-refractivity contribution >= 4 is 17.6 Å². The van der Waals surface area contributed by atoms with Gasteiger partial charge >= 0.3 is 6.03 Å². The highest BCUT2D eigenvalue weighted by Gasteiger charge is 2.24. The molecule has 1 aliphatic rings. The third kappa shape index (κ3) is 5.76. The van der Waals surface area contributed by atoms with Crippen LogP contribution in [0.1, 0.15) is 53.9 Å². The maximum atomic E-state index is 12.2. The molecule has 2 N–H and O–H groups in total. The topological polar surface area (TPSA) is 79.3 Å². The van der Waals surface area contributed by atoms with Gasteiger partial charge in [0.25, 0.3) is 0 Å². The van der Waals surface area contributed by atoms with E-state index in [4.69, 9.17) is 0 Å². The van der Waals surface area contributed by atoms with Crippen LogP contribution in [-0.4, -0.2) is 45.8 Å². The van der Waals surface area contributed by atoms with Crippen LogP contribution >= 0.6 is 0 Å². The predicted molar refractivity (Wildman–Crippen MR) is 98.4 cm³/mol. The lowest BCUT2D eigenvalue weighted by atomic mass is 10.0. The predicted octanol–water partition coefficient (Wildman–Crippen LogP) is 2.80. The van der Waals surface area contributed by atoms with Gasteiger partial charge in [0, 0.05) is 31.7 Å². The van der Waals surface area contributed by atoms with Gasteiger partial charge in [0.1, 0.15) is 0 Å². The minimum atomic E-state index is -0.222. The summed E-state index contributed by atoms with van der Waals surface area (Å²) in [6, 6.07) is -0.124. The SMILES string of the molecule is CC(C)CC(=O)N1CCC(NC(=O)Nc2cnn(C(C)(C)C)c2)CC1. The zero-order valence-electron chi connectivity index (χ0n) is 16.0. The van der Waals surface area contributed by atoms with Crippen molar-refractivity contribution in [3.63, 3.8) is 0 Å². The number of nitrogens with zero attached hydrogens (tertiary/aromatic N) is 3. The molecular formula is C18H31N5O2. The van der Waals surface area contributed by atoms with Crippen molar-refractivity contribution < 1.29 is 9.59 Å². The zero-order valence-corrected chi connectivity index (χ0v) is 16.0. The molecule has 25 heavy (non-hydrogen) atoms. The van der Waals surface area contributed by atoms with E-state index in [1.807, 2.05) is 15.8 Å². The summed E-state index contributed by atoms with van der Waals surface area (Å²) in [6.07, 6.45) is 5.65. The smallest absolute Gasteiger partial charge is 0.319 e. The average molecular weight is 349 g/mol. The van der Waals surface area contributed by atoms with Gasteiger partial charge in [-0.1, -0.05) is 13.8 Å². The number of hydrogen-bond acceptors (Lipinski definition) is 3. The molecule has 0 radical (unpaired) electrons. The Kier molecular flexibility index (Phi) is 6.08. The lowest BCUT2D eigenvalue weighted by molar-refractivity contribution is -0.133. The molecule has 1 aromatic rings. The van der Waals surface area contributed by atoms with Gasteiger partial charge in [-0.25, -0.2) is 4.79 Å². The number of aromatic nitrogens is 2. The van der Waals surface area contributed by atoms with Crippen molar-refractivity contribution in [2.45, 2.75) is 65.5 Å². The summed E-state index contributed by atoms with van der Waals surface area (Å²) < 4.78 is 1.82. The Labute approximate surface area is 150 Å². The number of anilines is 1. The molecule has 140 valence electrons. The van der Waals surface area contributed by atoms with Crippen molar-refractivity contribution in [3.8, 4) is 0 Å². The molecule has 3 amide bonds. The molecule has 1 aliphatic heterocycles. The normalized spacial score (nSPS) is 16.2. The average Bonchev–Trinajstić information content (AvgIpc) is 2.95. The molecule has 0 aliphatic carbocycles. The molecule has 7 heteroatoms. The minimum absolute atomic E-state index is 0.0979. The van der Waals surface area contributed by atoms with Crippen molar-refractivity contribution in [1.29, 1.82) is 0 Å². The van der Waals surface area contributed by atoms with E-state index in [9.17, 15) is 9.59 Å². The van der Waals surface area contributed by atoms with Crippen LogP contribution in [0.15, 0.2) is 12.4 Å². The number of rotatable bonds is 4. The molecule has 0 unspecified atom stereocenters. The third-order valence-corrected chi connectivity index (χ3v) is 4.29. The van der Waals surface area contributed by atoms with E-state index in [-0.39, 0.29) is 23.5 Å². The van der Waals surface area contributed by atoms with Gasteiger partial charge < -0.3 is 15.5 Å². The number of piperidine rings is 1. The molecule has 0 saturated carbocycles. The number of carbonyl (C=O) groups excluding carboxylic acids is 2. The first-order valence-corrected chi connectivity index (χ1v) is 9.05. The van der Waals surface area contributed by atoms with Crippen LogP contribution in [0.2, 0.25) is 0 Å². The van der Waals surface area contributed by atoms with E-state index < -0.39 is 0 Å². The van der Waals surface area contributed by atoms with Crippen molar-refractivity contribution in [1.82, 2.24) is 20.0 Å². The fourth-order valence-electron chi connectivity index (χ4n) is 2.86. The van der Waals surface area contributed by atoms with Gasteiger partial charge in [-0.3, -0.25) is 9.48 Å². The van der Waals surface area contributed by atoms with Crippen LogP contribution in [0.5, 0.6) is 0 Å². The Morgan fingerprint density at radius 3 is 2.44 bits per heavy atom. The second-order valence-electron chi connectivity index (χ2n) is 8.20. The van der Waals surface area contributed by atoms with E-state index in [1.165, 1.54) is 0 Å². The molecule has 1 saturated heterocycles. The number of likely N-dealkylation sites (tertiary alicyclic amines) is 1. The van der Waals surface area contributed by atoms with Crippen LogP contribution in [0, 0.1) is 5.92 Å². The highest BCUT2D eigenvalue weighted by molar-refractivity contribution is 5.89. The maximum Gasteiger partial charge on any atom is 0.319 e. The van der Waals surface area contributed by atoms with Gasteiger partial charge in [-0.05, 0) is 39.5 Å². The summed E-state index contributed by atoms with van der Waals surface area (Å²) >= 11 is 0. The molecule has 0 bridgehead atoms. The highest BCUT2D eigenvalue weighted by Crippen LogP contribution is 2.16. The van der Waals surface area contributed by atoms with Crippen LogP contribution in [0.3, 0.4) is 0 Å². The quantitative estimate of drug-likeness (QED) is 0.877. The lowest BCUT2D eigenvalue weighted by Gasteiger charge is -2.32. The number of amides is 3. The third-order valence-electron chi connectivity index (χ3n) is 4.29. The number of nitrogens with one attached hydrogen (secondary N) is 2. The molecule has 1 fully saturated rings. The second kappa shape index (κ2) is 7.89. The summed E-state index contributed by atoms with van der Waals surface area (Å²) in [5.74, 6) is 0.593. The summed E-state index contributed by atoms with van der Waals surface area (Å²) in [6.45, 7) is 11.7. The number of urea groups is 1. The first-order valence-electron chi connectivity index (χ1n) is 9.05. The monoisotopic (exact) mass is 349 g/mol. The lowest BCUT2D eigenvalue weighted by Crippen LogP contribution is -2.47. The molecule has 1 aromatic heterocycles. The molecule has 0 spiro atoms. The zero-order chi connectivity index (χ0) is 18.6. The van der Waals surface area contributed by atoms with Gasteiger partial charge in [0.2, 0.25) is 5.91 Å². The Morgan fingerprint density at radius 1 is 1.28 bits per heavy atom. The fraction of sp³-hybridized carbons (Fsp3) is 0.722. The van der Waals surface area contributed by atoms with Crippen molar-refractivity contribution in [2.75, 3.05) is 18.4 Å². The number of carbonyl (C=O) groups is 2. The fourth-order valence-corrected chi connectivity index (χ4v) is 2.86. The van der Waals surface area contributed by atoms with Crippen LogP contribution in [0.4, 0.5) is 10.5 Å². The van der Waals surface area contributed by atoms with Crippen molar-refractivity contribution in [2.24, 2.45) is 5.92 Å². The second-order valence-corrected chi connectivity index (χ2v) is 8.20. The molecular weight excluding hydrogens is 318 g/mol. The van der Waals surface area contributed by atoms with Gasteiger partial charge in [-0.2, -0.15) is 5.10 Å². The first-order chi connectivity index (χ1) is 11.6. The Bertz CT molecular complexity index is 595. The van der Waals surface area contributed by atoms with Crippen LogP contribution in [-0.2, 0) is 10.3 Å². The van der Waals surface area contributed by atoms with E-state index in [1.54, 1.807) is 6.20 Å². The summed E-state index contributed by atoms with van der Waals surface area (Å²) in [7, 11) is 0. The minimum Gasteiger partial charge on any atom is -0.343 e. The molecule has 2 rings (SSSR count). The van der Waals surface area contributed by atoms with E-state index >= 15 is 0 Å². The molecule has 7 nitrogen and oxygen atoms in total. The van der Waals surface area contributed by atoms with Gasteiger partial charge in [0.05, 0.1) is 17.4 Å². The van der Waals surface area contributed by atoms with Crippen molar-refractivity contribution in [3.05, 3.63) is 12.4 Å². The largest absolute Gasteiger partial charge is 0.343 e. The molecule has 2 heterocycles. The molecule has 0 aromatic carbocycles. The Balaban J connectivity index is 1.77. The standard InChI is InChI=1S/C18H31N5O2/c1-13(2)10-16(24)22-8-6-14(7-9-22)20-17(25)21-15-11-19-23(12-15)18(3,4)5/h11-14H,6-10H2,1-5H3,(H2,20,21,25). The van der Waals surface area contributed by atoms with Crippen LogP contribution in [0.25, 0.3) is 0 Å². The Morgan fingerprint density at radius 2 is 1.92 bits per heavy atom. The molecule has 0 atom stereocenters. The highest BCUT2D eigenvalue weighted by atomic mass is 16.2. The van der Waals surface area contributed by atoms with Crippen LogP contribution < -0.4 is 10.6 Å². The van der Waals surface area contributed by atoms with Gasteiger partial charge in [0.15, 0.2) is 0 Å². The summed E-state index contributed by atoms with van der Waals surface area (Å²) in [5.41, 5.74) is 0.558. The van der Waals surface area contributed by atoms with E-state index in [0.717, 1.165) is 12.8 Å². The summed E-state index contributed by atoms with van der Waals surface area (Å²) in [4.78, 5) is 26.1. The number of hydrogen-bond donors (Lipinski definition) is 2. The first kappa shape index (κ1) is 19.3. The summed E-state index contributed by atoms with van der Waals surface area (Å²) in [5, 5.41) is 10.1. The van der Waals surface area contributed by atoms with E-state index in [0.29, 0.717) is 31.1 Å². The van der Waals surface area contributed by atoms with Gasteiger partial charge in [-0.15, -0.1) is 0 Å². The maximum absolute atomic E-state index is 12.2. The Hall–Kier alpha value is -2.05. The van der Waals surface area contributed by atoms with E-state index in [2.05, 4.69) is 50.4 Å².